The largest absolute Gasteiger partial charge is 0.476 e. The predicted molar refractivity (Wildman–Crippen MR) is 105 cm³/mol. The zero-order valence-electron chi connectivity index (χ0n) is 15.6. The number of aromatic nitrogens is 3. The SMILES string of the molecule is O=C(Nc1cccc(-c2ccnc3cc(C(=O)O)nn23)c1)c1cccc(C(F)(F)F)c1. The Morgan fingerprint density at radius 2 is 1.77 bits per heavy atom. The van der Waals surface area contributed by atoms with Gasteiger partial charge in [-0.05, 0) is 36.4 Å². The van der Waals surface area contributed by atoms with E-state index >= 15 is 0 Å². The maximum absolute atomic E-state index is 12.9. The smallest absolute Gasteiger partial charge is 0.416 e. The van der Waals surface area contributed by atoms with Crippen molar-refractivity contribution in [1.29, 1.82) is 0 Å². The number of carbonyl (C=O) groups is 2. The third kappa shape index (κ3) is 4.08. The summed E-state index contributed by atoms with van der Waals surface area (Å²) >= 11 is 0. The number of halogens is 3. The zero-order valence-corrected chi connectivity index (χ0v) is 15.6. The molecule has 0 saturated carbocycles. The summed E-state index contributed by atoms with van der Waals surface area (Å²) in [6, 6.07) is 13.6. The summed E-state index contributed by atoms with van der Waals surface area (Å²) in [6.07, 6.45) is -3.06. The molecule has 0 atom stereocenters. The number of carbonyl (C=O) groups excluding carboxylic acids is 1. The fourth-order valence-electron chi connectivity index (χ4n) is 3.01. The minimum Gasteiger partial charge on any atom is -0.476 e. The summed E-state index contributed by atoms with van der Waals surface area (Å²) in [6.45, 7) is 0. The van der Waals surface area contributed by atoms with E-state index in [0.29, 0.717) is 22.6 Å². The van der Waals surface area contributed by atoms with Gasteiger partial charge in [0.25, 0.3) is 5.91 Å². The van der Waals surface area contributed by atoms with E-state index in [2.05, 4.69) is 15.4 Å². The third-order valence-electron chi connectivity index (χ3n) is 4.45. The lowest BCUT2D eigenvalue weighted by molar-refractivity contribution is -0.137. The molecular formula is C21H13F3N4O3. The molecule has 156 valence electrons. The van der Waals surface area contributed by atoms with Crippen LogP contribution < -0.4 is 5.32 Å². The molecular weight excluding hydrogens is 413 g/mol. The number of rotatable bonds is 4. The van der Waals surface area contributed by atoms with Crippen molar-refractivity contribution in [1.82, 2.24) is 14.6 Å². The Kier molecular flexibility index (Phi) is 4.90. The van der Waals surface area contributed by atoms with Crippen LogP contribution >= 0.6 is 0 Å². The Bertz CT molecular complexity index is 1310. The first-order valence-electron chi connectivity index (χ1n) is 8.89. The van der Waals surface area contributed by atoms with Crippen molar-refractivity contribution in [2.75, 3.05) is 5.32 Å². The van der Waals surface area contributed by atoms with E-state index < -0.39 is 23.6 Å². The average Bonchev–Trinajstić information content (AvgIpc) is 3.18. The van der Waals surface area contributed by atoms with E-state index in [4.69, 9.17) is 5.11 Å². The number of aromatic carboxylic acids is 1. The van der Waals surface area contributed by atoms with Gasteiger partial charge in [-0.1, -0.05) is 18.2 Å². The molecule has 0 bridgehead atoms. The molecule has 2 heterocycles. The average molecular weight is 426 g/mol. The minimum atomic E-state index is -4.55. The molecule has 7 nitrogen and oxygen atoms in total. The van der Waals surface area contributed by atoms with Crippen LogP contribution in [0, 0.1) is 0 Å². The van der Waals surface area contributed by atoms with Crippen molar-refractivity contribution in [2.24, 2.45) is 0 Å². The molecule has 31 heavy (non-hydrogen) atoms. The quantitative estimate of drug-likeness (QED) is 0.505. The van der Waals surface area contributed by atoms with Crippen LogP contribution in [0.3, 0.4) is 0 Å². The van der Waals surface area contributed by atoms with Gasteiger partial charge in [-0.3, -0.25) is 4.79 Å². The highest BCUT2D eigenvalue weighted by molar-refractivity contribution is 6.04. The van der Waals surface area contributed by atoms with E-state index in [1.165, 1.54) is 28.9 Å². The Labute approximate surface area is 172 Å². The second-order valence-electron chi connectivity index (χ2n) is 6.55. The van der Waals surface area contributed by atoms with Gasteiger partial charge in [-0.15, -0.1) is 0 Å². The summed E-state index contributed by atoms with van der Waals surface area (Å²) in [5.74, 6) is -1.89. The molecule has 0 aliphatic carbocycles. The summed E-state index contributed by atoms with van der Waals surface area (Å²) < 4.78 is 40.0. The van der Waals surface area contributed by atoms with Gasteiger partial charge < -0.3 is 10.4 Å². The number of hydrogen-bond acceptors (Lipinski definition) is 4. The summed E-state index contributed by atoms with van der Waals surface area (Å²) in [5, 5.41) is 15.7. The Balaban J connectivity index is 1.65. The zero-order chi connectivity index (χ0) is 22.2. The van der Waals surface area contributed by atoms with Crippen molar-refractivity contribution in [3.8, 4) is 11.3 Å². The Morgan fingerprint density at radius 3 is 2.52 bits per heavy atom. The third-order valence-corrected chi connectivity index (χ3v) is 4.45. The van der Waals surface area contributed by atoms with Gasteiger partial charge in [0.15, 0.2) is 11.3 Å². The fourth-order valence-corrected chi connectivity index (χ4v) is 3.01. The fraction of sp³-hybridized carbons (Fsp3) is 0.0476. The van der Waals surface area contributed by atoms with Gasteiger partial charge in [0.2, 0.25) is 0 Å². The van der Waals surface area contributed by atoms with Crippen LogP contribution in [0.25, 0.3) is 16.9 Å². The molecule has 0 radical (unpaired) electrons. The number of hydrogen-bond donors (Lipinski definition) is 2. The van der Waals surface area contributed by atoms with Crippen LogP contribution in [0.5, 0.6) is 0 Å². The maximum atomic E-state index is 12.9. The molecule has 10 heteroatoms. The maximum Gasteiger partial charge on any atom is 0.416 e. The molecule has 2 N–H and O–H groups in total. The number of benzene rings is 2. The lowest BCUT2D eigenvalue weighted by atomic mass is 10.1. The van der Waals surface area contributed by atoms with Gasteiger partial charge in [0.05, 0.1) is 11.3 Å². The monoisotopic (exact) mass is 426 g/mol. The minimum absolute atomic E-state index is 0.135. The summed E-state index contributed by atoms with van der Waals surface area (Å²) in [4.78, 5) is 27.7. The number of amides is 1. The highest BCUT2D eigenvalue weighted by Crippen LogP contribution is 2.30. The van der Waals surface area contributed by atoms with E-state index in [-0.39, 0.29) is 11.3 Å². The number of alkyl halides is 3. The van der Waals surface area contributed by atoms with Crippen LogP contribution in [0.15, 0.2) is 66.9 Å². The van der Waals surface area contributed by atoms with E-state index in [0.717, 1.165) is 12.1 Å². The Morgan fingerprint density at radius 1 is 1.00 bits per heavy atom. The van der Waals surface area contributed by atoms with Gasteiger partial charge >= 0.3 is 12.1 Å². The van der Waals surface area contributed by atoms with Crippen LogP contribution in [0.1, 0.15) is 26.4 Å². The number of nitrogens with one attached hydrogen (secondary N) is 1. The van der Waals surface area contributed by atoms with E-state index in [9.17, 15) is 22.8 Å². The van der Waals surface area contributed by atoms with E-state index in [1.807, 2.05) is 0 Å². The molecule has 0 aliphatic heterocycles. The topological polar surface area (TPSA) is 96.6 Å². The van der Waals surface area contributed by atoms with Crippen LogP contribution in [0.2, 0.25) is 0 Å². The van der Waals surface area contributed by atoms with Gasteiger partial charge in [0, 0.05) is 29.1 Å². The predicted octanol–water partition coefficient (Wildman–Crippen LogP) is 4.37. The molecule has 4 rings (SSSR count). The standard InChI is InChI=1S/C21H13F3N4O3/c22-21(23,24)14-5-1-4-13(9-14)19(29)26-15-6-2-3-12(10-15)17-7-8-25-18-11-16(20(30)31)27-28(17)18/h1-11H,(H,26,29)(H,30,31). The normalized spacial score (nSPS) is 11.5. The summed E-state index contributed by atoms with van der Waals surface area (Å²) in [5.41, 5.74) is 0.561. The lowest BCUT2D eigenvalue weighted by Crippen LogP contribution is -2.14. The Hall–Kier alpha value is -4.21. The first kappa shape index (κ1) is 20.1. The molecule has 0 spiro atoms. The van der Waals surface area contributed by atoms with Gasteiger partial charge in [-0.25, -0.2) is 14.3 Å². The van der Waals surface area contributed by atoms with Crippen LogP contribution in [0.4, 0.5) is 18.9 Å². The molecule has 4 aromatic rings. The number of carboxylic acid groups (broad SMARTS) is 1. The molecule has 0 saturated heterocycles. The molecule has 2 aromatic carbocycles. The molecule has 2 aromatic heterocycles. The molecule has 1 amide bonds. The van der Waals surface area contributed by atoms with Crippen molar-refractivity contribution in [2.45, 2.75) is 6.18 Å². The van der Waals surface area contributed by atoms with Crippen molar-refractivity contribution in [3.63, 3.8) is 0 Å². The number of nitrogens with zero attached hydrogens (tertiary/aromatic N) is 3. The lowest BCUT2D eigenvalue weighted by Gasteiger charge is -2.10. The second kappa shape index (κ2) is 7.56. The number of carboxylic acids is 1. The highest BCUT2D eigenvalue weighted by atomic mass is 19.4. The van der Waals surface area contributed by atoms with Crippen LogP contribution in [-0.4, -0.2) is 31.6 Å². The first-order valence-corrected chi connectivity index (χ1v) is 8.89. The van der Waals surface area contributed by atoms with E-state index in [1.54, 1.807) is 30.3 Å². The second-order valence-corrected chi connectivity index (χ2v) is 6.55. The first-order chi connectivity index (χ1) is 14.7. The number of fused-ring (bicyclic) bond motifs is 1. The van der Waals surface area contributed by atoms with Crippen LogP contribution in [-0.2, 0) is 6.18 Å². The molecule has 0 unspecified atom stereocenters. The van der Waals surface area contributed by atoms with Crippen molar-refractivity contribution in [3.05, 3.63) is 83.7 Å². The molecule has 0 aliphatic rings. The van der Waals surface area contributed by atoms with Gasteiger partial charge in [-0.2, -0.15) is 18.3 Å². The summed E-state index contributed by atoms with van der Waals surface area (Å²) in [7, 11) is 0. The van der Waals surface area contributed by atoms with Gasteiger partial charge in [0.1, 0.15) is 0 Å². The number of anilines is 1. The molecule has 0 fully saturated rings. The van der Waals surface area contributed by atoms with Crippen molar-refractivity contribution < 1.29 is 27.9 Å². The van der Waals surface area contributed by atoms with Crippen molar-refractivity contribution >= 4 is 23.2 Å². The highest BCUT2D eigenvalue weighted by Gasteiger charge is 2.30.